The fourth-order valence-electron chi connectivity index (χ4n) is 3.47. The molecule has 1 aliphatic carbocycles. The maximum Gasteiger partial charge on any atom is 0.0372 e. The van der Waals surface area contributed by atoms with Gasteiger partial charge in [0.05, 0.1) is 0 Å². The highest BCUT2D eigenvalue weighted by atomic mass is 15.5. The van der Waals surface area contributed by atoms with E-state index in [2.05, 4.69) is 18.7 Å². The van der Waals surface area contributed by atoms with Crippen LogP contribution in [0.5, 0.6) is 0 Å². The predicted molar refractivity (Wildman–Crippen MR) is 36.2 cm³/mol. The molecule has 1 saturated carbocycles. The molecular formula is C8H13N. The van der Waals surface area contributed by atoms with Crippen molar-refractivity contribution in [2.75, 3.05) is 6.54 Å². The van der Waals surface area contributed by atoms with Gasteiger partial charge < -0.3 is 0 Å². The second-order valence-corrected chi connectivity index (χ2v) is 4.43. The quantitative estimate of drug-likeness (QED) is 0.438. The maximum atomic E-state index is 2.69. The van der Waals surface area contributed by atoms with Crippen LogP contribution in [0.25, 0.3) is 0 Å². The molecule has 4 rings (SSSR count). The van der Waals surface area contributed by atoms with Gasteiger partial charge in [-0.15, -0.1) is 0 Å². The summed E-state index contributed by atoms with van der Waals surface area (Å²) in [4.78, 5) is 2.69. The zero-order valence-electron chi connectivity index (χ0n) is 6.15. The van der Waals surface area contributed by atoms with E-state index in [1.165, 1.54) is 19.4 Å². The molecule has 0 aromatic carbocycles. The third-order valence-corrected chi connectivity index (χ3v) is 4.11. The summed E-state index contributed by atoms with van der Waals surface area (Å²) in [7, 11) is 0. The molecule has 0 spiro atoms. The first-order chi connectivity index (χ1) is 4.17. The van der Waals surface area contributed by atoms with Crippen LogP contribution >= 0.6 is 0 Å². The summed E-state index contributed by atoms with van der Waals surface area (Å²) in [6.07, 6.45) is 2.98. The van der Waals surface area contributed by atoms with Crippen LogP contribution in [-0.2, 0) is 0 Å². The van der Waals surface area contributed by atoms with E-state index in [9.17, 15) is 0 Å². The molecule has 0 N–H and O–H groups in total. The minimum absolute atomic E-state index is 0.664. The molecule has 4 fully saturated rings. The zero-order valence-corrected chi connectivity index (χ0v) is 6.15. The van der Waals surface area contributed by atoms with Gasteiger partial charge in [-0.2, -0.15) is 0 Å². The van der Waals surface area contributed by atoms with E-state index in [0.717, 1.165) is 5.92 Å². The van der Waals surface area contributed by atoms with Crippen molar-refractivity contribution >= 4 is 0 Å². The van der Waals surface area contributed by atoms with E-state index in [4.69, 9.17) is 0 Å². The van der Waals surface area contributed by atoms with Crippen LogP contribution in [0.2, 0.25) is 0 Å². The van der Waals surface area contributed by atoms with Crippen LogP contribution in [0.15, 0.2) is 0 Å². The third-order valence-electron chi connectivity index (χ3n) is 4.11. The Morgan fingerprint density at radius 2 is 1.78 bits per heavy atom. The lowest BCUT2D eigenvalue weighted by atomic mass is 10.0. The Balaban J connectivity index is 2.18. The van der Waals surface area contributed by atoms with Crippen molar-refractivity contribution < 1.29 is 0 Å². The summed E-state index contributed by atoms with van der Waals surface area (Å²) in [5, 5.41) is 0. The Hall–Kier alpha value is -0.0400. The number of hydrogen-bond donors (Lipinski definition) is 0. The first kappa shape index (κ1) is 4.73. The summed E-state index contributed by atoms with van der Waals surface area (Å²) < 4.78 is 0. The molecule has 3 heterocycles. The second-order valence-electron chi connectivity index (χ2n) is 4.43. The molecule has 2 atom stereocenters. The van der Waals surface area contributed by atoms with Crippen molar-refractivity contribution in [1.82, 2.24) is 4.90 Å². The Morgan fingerprint density at radius 3 is 1.89 bits per heavy atom. The van der Waals surface area contributed by atoms with Gasteiger partial charge in [0.1, 0.15) is 0 Å². The Bertz CT molecular complexity index is 171. The average Bonchev–Trinajstić information content (AvgIpc) is 2.12. The summed E-state index contributed by atoms with van der Waals surface area (Å²) in [6.45, 7) is 6.27. The van der Waals surface area contributed by atoms with Gasteiger partial charge in [-0.3, -0.25) is 4.90 Å². The lowest BCUT2D eigenvalue weighted by Gasteiger charge is -1.99. The van der Waals surface area contributed by atoms with Gasteiger partial charge in [0.15, 0.2) is 0 Å². The van der Waals surface area contributed by atoms with E-state index in [1.807, 2.05) is 0 Å². The van der Waals surface area contributed by atoms with E-state index < -0.39 is 0 Å². The molecule has 3 saturated heterocycles. The Labute approximate surface area is 56.0 Å². The van der Waals surface area contributed by atoms with Gasteiger partial charge >= 0.3 is 0 Å². The van der Waals surface area contributed by atoms with Crippen LogP contribution < -0.4 is 0 Å². The second kappa shape index (κ2) is 0.878. The normalized spacial score (nSPS) is 75.3. The third kappa shape index (κ3) is 0.260. The molecule has 0 radical (unpaired) electrons. The van der Waals surface area contributed by atoms with Gasteiger partial charge in [0.25, 0.3) is 0 Å². The Morgan fingerprint density at radius 1 is 1.22 bits per heavy atom. The molecule has 50 valence electrons. The fraction of sp³-hybridized carbons (Fsp3) is 1.00. The number of nitrogens with zero attached hydrogens (tertiary/aromatic N) is 1. The number of piperidine rings is 3. The Kier molecular flexibility index (Phi) is 0.461. The monoisotopic (exact) mass is 123 g/mol. The highest BCUT2D eigenvalue weighted by Gasteiger charge is 2.78. The minimum atomic E-state index is 0.664. The molecule has 4 bridgehead atoms. The molecule has 3 aliphatic heterocycles. The van der Waals surface area contributed by atoms with Crippen LogP contribution in [-0.4, -0.2) is 22.5 Å². The van der Waals surface area contributed by atoms with Gasteiger partial charge in [0.2, 0.25) is 0 Å². The van der Waals surface area contributed by atoms with E-state index in [1.54, 1.807) is 0 Å². The van der Waals surface area contributed by atoms with Crippen LogP contribution in [0.3, 0.4) is 0 Å². The lowest BCUT2D eigenvalue weighted by molar-refractivity contribution is 0.500. The first-order valence-corrected chi connectivity index (χ1v) is 3.95. The van der Waals surface area contributed by atoms with E-state index in [-0.39, 0.29) is 0 Å². The summed E-state index contributed by atoms with van der Waals surface area (Å²) in [5.41, 5.74) is 1.33. The standard InChI is InChI=1S/C8H13N/c1-7-3-6-4-8(7,2)9(7)5-6/h6H,3-5H2,1-2H3. The van der Waals surface area contributed by atoms with Crippen LogP contribution in [0.1, 0.15) is 26.7 Å². The minimum Gasteiger partial charge on any atom is -0.289 e. The lowest BCUT2D eigenvalue weighted by Crippen LogP contribution is -2.10. The van der Waals surface area contributed by atoms with Crippen molar-refractivity contribution in [3.05, 3.63) is 0 Å². The molecule has 9 heavy (non-hydrogen) atoms. The van der Waals surface area contributed by atoms with Crippen molar-refractivity contribution in [2.45, 2.75) is 37.8 Å². The van der Waals surface area contributed by atoms with Crippen LogP contribution in [0.4, 0.5) is 0 Å². The van der Waals surface area contributed by atoms with Gasteiger partial charge in [-0.25, -0.2) is 0 Å². The zero-order chi connectivity index (χ0) is 6.28. The topological polar surface area (TPSA) is 3.01 Å². The first-order valence-electron chi connectivity index (χ1n) is 3.95. The summed E-state index contributed by atoms with van der Waals surface area (Å²) in [5.74, 6) is 1.07. The van der Waals surface area contributed by atoms with Crippen molar-refractivity contribution in [3.8, 4) is 0 Å². The smallest absolute Gasteiger partial charge is 0.0372 e. The van der Waals surface area contributed by atoms with Crippen molar-refractivity contribution in [2.24, 2.45) is 5.92 Å². The highest BCUT2D eigenvalue weighted by Crippen LogP contribution is 2.70. The predicted octanol–water partition coefficient (Wildman–Crippen LogP) is 1.24. The molecule has 1 heteroatoms. The van der Waals surface area contributed by atoms with E-state index >= 15 is 0 Å². The van der Waals surface area contributed by atoms with Gasteiger partial charge in [0, 0.05) is 17.6 Å². The molecule has 1 nitrogen and oxygen atoms in total. The molecular weight excluding hydrogens is 110 g/mol. The van der Waals surface area contributed by atoms with Gasteiger partial charge in [-0.05, 0) is 32.6 Å². The fourth-order valence-corrected chi connectivity index (χ4v) is 3.47. The van der Waals surface area contributed by atoms with Crippen molar-refractivity contribution in [1.29, 1.82) is 0 Å². The SMILES string of the molecule is CC12CC3CN1C2(C)C3. The molecule has 2 unspecified atom stereocenters. The average molecular weight is 123 g/mol. The molecule has 4 aliphatic rings. The number of hydrogen-bond acceptors (Lipinski definition) is 1. The van der Waals surface area contributed by atoms with E-state index in [0.29, 0.717) is 11.1 Å². The van der Waals surface area contributed by atoms with Gasteiger partial charge in [-0.1, -0.05) is 0 Å². The highest BCUT2D eigenvalue weighted by molar-refractivity contribution is 5.34. The molecule has 0 aromatic heterocycles. The molecule has 0 aromatic rings. The van der Waals surface area contributed by atoms with Crippen LogP contribution in [0, 0.1) is 5.92 Å². The molecule has 0 amide bonds. The summed E-state index contributed by atoms with van der Waals surface area (Å²) >= 11 is 0. The summed E-state index contributed by atoms with van der Waals surface area (Å²) in [6, 6.07) is 0. The maximum absolute atomic E-state index is 2.69. The number of rotatable bonds is 0. The largest absolute Gasteiger partial charge is 0.289 e. The van der Waals surface area contributed by atoms with Crippen molar-refractivity contribution in [3.63, 3.8) is 0 Å².